The van der Waals surface area contributed by atoms with Gasteiger partial charge in [0.05, 0.1) is 0 Å². The highest BCUT2D eigenvalue weighted by Gasteiger charge is 2.09. The van der Waals surface area contributed by atoms with Gasteiger partial charge in [0.2, 0.25) is 0 Å². The van der Waals surface area contributed by atoms with Crippen molar-refractivity contribution >= 4 is 0 Å². The number of para-hydroxylation sites is 1. The molecule has 0 aromatic heterocycles. The summed E-state index contributed by atoms with van der Waals surface area (Å²) in [5, 5.41) is 13.3. The monoisotopic (exact) mass is 265 g/mol. The zero-order valence-corrected chi connectivity index (χ0v) is 12.4. The molecule has 0 heterocycles. The molecule has 3 nitrogen and oxygen atoms in total. The van der Waals surface area contributed by atoms with Crippen molar-refractivity contribution in [3.05, 3.63) is 29.8 Å². The van der Waals surface area contributed by atoms with Crippen LogP contribution in [0.25, 0.3) is 0 Å². The van der Waals surface area contributed by atoms with Gasteiger partial charge in [-0.2, -0.15) is 0 Å². The molecule has 1 rings (SSSR count). The maximum absolute atomic E-state index is 9.93. The first-order valence-corrected chi connectivity index (χ1v) is 7.27. The molecule has 0 radical (unpaired) electrons. The van der Waals surface area contributed by atoms with E-state index in [1.54, 1.807) is 0 Å². The van der Waals surface area contributed by atoms with Crippen LogP contribution in [0.1, 0.15) is 38.7 Å². The Labute approximate surface area is 117 Å². The summed E-state index contributed by atoms with van der Waals surface area (Å²) in [6.45, 7) is 7.28. The molecule has 0 fully saturated rings. The lowest BCUT2D eigenvalue weighted by atomic mass is 10.1. The average molecular weight is 265 g/mol. The molecule has 0 aliphatic carbocycles. The fraction of sp³-hybridized carbons (Fsp3) is 0.625. The summed E-state index contributed by atoms with van der Waals surface area (Å²) in [5.41, 5.74) is 1.10. The maximum Gasteiger partial charge on any atom is 0.122 e. The van der Waals surface area contributed by atoms with Crippen LogP contribution in [0.2, 0.25) is 0 Å². The van der Waals surface area contributed by atoms with E-state index in [4.69, 9.17) is 4.74 Å². The summed E-state index contributed by atoms with van der Waals surface area (Å²) in [5.74, 6) is 0.849. The molecule has 0 saturated heterocycles. The molecular formula is C16H27NO2. The smallest absolute Gasteiger partial charge is 0.122 e. The minimum absolute atomic E-state index is 0.334. The Bertz CT molecular complexity index is 354. The number of aliphatic hydroxyl groups excluding tert-OH is 1. The van der Waals surface area contributed by atoms with Crippen LogP contribution in [0, 0.1) is 6.92 Å². The summed E-state index contributed by atoms with van der Waals surface area (Å²) in [7, 11) is 0. The zero-order chi connectivity index (χ0) is 14.1. The number of benzene rings is 1. The van der Waals surface area contributed by atoms with E-state index in [1.165, 1.54) is 6.42 Å². The standard InChI is InChI=1S/C16H27NO2/c1-4-8-14(5-2)17-11-15(18)12-19-16-10-7-6-9-13(16)3/h6-7,9-10,14-15,17-18H,4-5,8,11-12H2,1-3H3. The predicted octanol–water partition coefficient (Wildman–Crippen LogP) is 2.90. The number of rotatable bonds is 9. The molecule has 0 spiro atoms. The summed E-state index contributed by atoms with van der Waals surface area (Å²) in [6.07, 6.45) is 2.95. The molecule has 0 aliphatic rings. The first-order valence-electron chi connectivity index (χ1n) is 7.27. The average Bonchev–Trinajstić information content (AvgIpc) is 2.42. The fourth-order valence-corrected chi connectivity index (χ4v) is 2.06. The van der Waals surface area contributed by atoms with Gasteiger partial charge in [-0.1, -0.05) is 38.5 Å². The second-order valence-electron chi connectivity index (χ2n) is 5.03. The van der Waals surface area contributed by atoms with Gasteiger partial charge < -0.3 is 15.2 Å². The van der Waals surface area contributed by atoms with Crippen LogP contribution in [0.5, 0.6) is 5.75 Å². The maximum atomic E-state index is 9.93. The van der Waals surface area contributed by atoms with Gasteiger partial charge in [-0.25, -0.2) is 0 Å². The van der Waals surface area contributed by atoms with Crippen molar-refractivity contribution in [2.75, 3.05) is 13.2 Å². The molecular weight excluding hydrogens is 238 g/mol. The van der Waals surface area contributed by atoms with Crippen molar-refractivity contribution in [3.63, 3.8) is 0 Å². The van der Waals surface area contributed by atoms with Gasteiger partial charge in [0.25, 0.3) is 0 Å². The van der Waals surface area contributed by atoms with Crippen molar-refractivity contribution in [3.8, 4) is 5.75 Å². The first kappa shape index (κ1) is 16.0. The summed E-state index contributed by atoms with van der Waals surface area (Å²) in [6, 6.07) is 8.37. The van der Waals surface area contributed by atoms with Crippen LogP contribution in [0.3, 0.4) is 0 Å². The molecule has 1 aromatic carbocycles. The zero-order valence-electron chi connectivity index (χ0n) is 12.4. The van der Waals surface area contributed by atoms with E-state index in [0.29, 0.717) is 19.2 Å². The SMILES string of the molecule is CCCC(CC)NCC(O)COc1ccccc1C. The molecule has 0 saturated carbocycles. The molecule has 19 heavy (non-hydrogen) atoms. The molecule has 0 aliphatic heterocycles. The Kier molecular flexibility index (Phi) is 7.53. The van der Waals surface area contributed by atoms with E-state index in [-0.39, 0.29) is 0 Å². The molecule has 0 bridgehead atoms. The third-order valence-corrected chi connectivity index (χ3v) is 3.30. The van der Waals surface area contributed by atoms with Gasteiger partial charge in [0, 0.05) is 12.6 Å². The van der Waals surface area contributed by atoms with E-state index in [1.807, 2.05) is 31.2 Å². The molecule has 108 valence electrons. The topological polar surface area (TPSA) is 41.5 Å². The van der Waals surface area contributed by atoms with Crippen LogP contribution in [-0.2, 0) is 0 Å². The van der Waals surface area contributed by atoms with Gasteiger partial charge >= 0.3 is 0 Å². The van der Waals surface area contributed by atoms with Crippen molar-refractivity contribution in [2.45, 2.75) is 52.2 Å². The third-order valence-electron chi connectivity index (χ3n) is 3.30. The highest BCUT2D eigenvalue weighted by Crippen LogP contribution is 2.16. The van der Waals surface area contributed by atoms with Crippen LogP contribution >= 0.6 is 0 Å². The Balaban J connectivity index is 2.28. The van der Waals surface area contributed by atoms with Crippen LogP contribution in [0.4, 0.5) is 0 Å². The van der Waals surface area contributed by atoms with Gasteiger partial charge in [0.1, 0.15) is 18.5 Å². The second-order valence-corrected chi connectivity index (χ2v) is 5.03. The Morgan fingerprint density at radius 2 is 2.00 bits per heavy atom. The Morgan fingerprint density at radius 3 is 2.63 bits per heavy atom. The normalized spacial score (nSPS) is 14.1. The van der Waals surface area contributed by atoms with Crippen LogP contribution in [-0.4, -0.2) is 30.4 Å². The molecule has 3 heteroatoms. The van der Waals surface area contributed by atoms with E-state index < -0.39 is 6.10 Å². The van der Waals surface area contributed by atoms with Crippen molar-refractivity contribution in [1.29, 1.82) is 0 Å². The van der Waals surface area contributed by atoms with Crippen LogP contribution in [0.15, 0.2) is 24.3 Å². The van der Waals surface area contributed by atoms with Crippen LogP contribution < -0.4 is 10.1 Å². The lowest BCUT2D eigenvalue weighted by Crippen LogP contribution is -2.37. The van der Waals surface area contributed by atoms with E-state index in [0.717, 1.165) is 24.2 Å². The highest BCUT2D eigenvalue weighted by molar-refractivity contribution is 5.31. The molecule has 0 amide bonds. The predicted molar refractivity (Wildman–Crippen MR) is 79.7 cm³/mol. The van der Waals surface area contributed by atoms with Gasteiger partial charge in [-0.05, 0) is 31.4 Å². The Hall–Kier alpha value is -1.06. The Morgan fingerprint density at radius 1 is 1.26 bits per heavy atom. The molecule has 1 aromatic rings. The number of nitrogens with one attached hydrogen (secondary N) is 1. The van der Waals surface area contributed by atoms with Crippen molar-refractivity contribution < 1.29 is 9.84 Å². The third kappa shape index (κ3) is 6.08. The quantitative estimate of drug-likeness (QED) is 0.721. The lowest BCUT2D eigenvalue weighted by Gasteiger charge is -2.19. The summed E-state index contributed by atoms with van der Waals surface area (Å²) in [4.78, 5) is 0. The number of hydrogen-bond donors (Lipinski definition) is 2. The first-order chi connectivity index (χ1) is 9.17. The number of hydrogen-bond acceptors (Lipinski definition) is 3. The minimum atomic E-state index is -0.467. The summed E-state index contributed by atoms with van der Waals surface area (Å²) < 4.78 is 5.63. The number of ether oxygens (including phenoxy) is 1. The minimum Gasteiger partial charge on any atom is -0.491 e. The lowest BCUT2D eigenvalue weighted by molar-refractivity contribution is 0.102. The fourth-order valence-electron chi connectivity index (χ4n) is 2.06. The van der Waals surface area contributed by atoms with E-state index in [9.17, 15) is 5.11 Å². The summed E-state index contributed by atoms with van der Waals surface area (Å²) >= 11 is 0. The molecule has 2 atom stereocenters. The van der Waals surface area contributed by atoms with Gasteiger partial charge in [-0.15, -0.1) is 0 Å². The van der Waals surface area contributed by atoms with Crippen molar-refractivity contribution in [1.82, 2.24) is 5.32 Å². The van der Waals surface area contributed by atoms with Gasteiger partial charge in [0.15, 0.2) is 0 Å². The second kappa shape index (κ2) is 8.94. The largest absolute Gasteiger partial charge is 0.491 e. The number of aliphatic hydroxyl groups is 1. The van der Waals surface area contributed by atoms with Crippen molar-refractivity contribution in [2.24, 2.45) is 0 Å². The molecule has 2 N–H and O–H groups in total. The van der Waals surface area contributed by atoms with E-state index >= 15 is 0 Å². The van der Waals surface area contributed by atoms with Gasteiger partial charge in [-0.3, -0.25) is 0 Å². The number of aryl methyl sites for hydroxylation is 1. The highest BCUT2D eigenvalue weighted by atomic mass is 16.5. The van der Waals surface area contributed by atoms with E-state index in [2.05, 4.69) is 19.2 Å². The molecule has 2 unspecified atom stereocenters.